The Labute approximate surface area is 132 Å². The van der Waals surface area contributed by atoms with Crippen LogP contribution in [0, 0.1) is 0 Å². The maximum atomic E-state index is 6.15. The summed E-state index contributed by atoms with van der Waals surface area (Å²) in [5.41, 5.74) is 0.945. The van der Waals surface area contributed by atoms with Crippen LogP contribution >= 0.6 is 27.5 Å². The van der Waals surface area contributed by atoms with E-state index in [2.05, 4.69) is 22.9 Å². The van der Waals surface area contributed by atoms with E-state index in [9.17, 15) is 0 Å². The Morgan fingerprint density at radius 1 is 1.05 bits per heavy atom. The van der Waals surface area contributed by atoms with Crippen molar-refractivity contribution in [1.29, 1.82) is 0 Å². The van der Waals surface area contributed by atoms with Crippen molar-refractivity contribution in [3.63, 3.8) is 0 Å². The van der Waals surface area contributed by atoms with Crippen molar-refractivity contribution >= 4 is 27.5 Å². The second-order valence-electron chi connectivity index (χ2n) is 4.27. The molecule has 0 aliphatic rings. The van der Waals surface area contributed by atoms with Crippen LogP contribution in [0.15, 0.2) is 42.5 Å². The number of benzene rings is 2. The molecule has 0 bridgehead atoms. The van der Waals surface area contributed by atoms with Gasteiger partial charge in [-0.1, -0.05) is 40.5 Å². The minimum absolute atomic E-state index is 0.652. The van der Waals surface area contributed by atoms with Gasteiger partial charge < -0.3 is 9.47 Å². The smallest absolute Gasteiger partial charge is 0.132 e. The molecule has 0 saturated heterocycles. The van der Waals surface area contributed by atoms with Crippen LogP contribution in [0.5, 0.6) is 17.2 Å². The van der Waals surface area contributed by atoms with Gasteiger partial charge in [0.1, 0.15) is 17.2 Å². The summed E-state index contributed by atoms with van der Waals surface area (Å²) in [6.07, 6.45) is 0.995. The van der Waals surface area contributed by atoms with Crippen LogP contribution in [-0.4, -0.2) is 6.61 Å². The third-order valence-electron chi connectivity index (χ3n) is 2.73. The Morgan fingerprint density at radius 3 is 2.40 bits per heavy atom. The maximum absolute atomic E-state index is 6.15. The van der Waals surface area contributed by atoms with Gasteiger partial charge in [-0.15, -0.1) is 0 Å². The molecule has 0 amide bonds. The third kappa shape index (κ3) is 3.90. The van der Waals surface area contributed by atoms with E-state index in [0.29, 0.717) is 10.4 Å². The summed E-state index contributed by atoms with van der Waals surface area (Å²) in [6.45, 7) is 2.81. The van der Waals surface area contributed by atoms with E-state index in [1.807, 2.05) is 42.5 Å². The SMILES string of the molecule is CCCOc1ccc(Oc2cccc(Cl)c2CBr)cc1. The van der Waals surface area contributed by atoms with Crippen molar-refractivity contribution in [1.82, 2.24) is 0 Å². The highest BCUT2D eigenvalue weighted by molar-refractivity contribution is 9.08. The van der Waals surface area contributed by atoms with E-state index in [1.54, 1.807) is 0 Å². The highest BCUT2D eigenvalue weighted by Gasteiger charge is 2.08. The molecule has 20 heavy (non-hydrogen) atoms. The molecule has 2 aromatic rings. The monoisotopic (exact) mass is 354 g/mol. The van der Waals surface area contributed by atoms with Gasteiger partial charge in [-0.2, -0.15) is 0 Å². The minimum atomic E-state index is 0.652. The quantitative estimate of drug-likeness (QED) is 0.608. The molecular weight excluding hydrogens is 340 g/mol. The van der Waals surface area contributed by atoms with Gasteiger partial charge in [0.25, 0.3) is 0 Å². The Kier molecular flexibility index (Phi) is 5.74. The summed E-state index contributed by atoms with van der Waals surface area (Å²) in [4.78, 5) is 0. The molecule has 0 aliphatic carbocycles. The van der Waals surface area contributed by atoms with Crippen LogP contribution in [0.4, 0.5) is 0 Å². The highest BCUT2D eigenvalue weighted by Crippen LogP contribution is 2.32. The van der Waals surface area contributed by atoms with Gasteiger partial charge in [-0.05, 0) is 42.8 Å². The molecule has 0 spiro atoms. The number of ether oxygens (including phenoxy) is 2. The third-order valence-corrected chi connectivity index (χ3v) is 3.65. The van der Waals surface area contributed by atoms with Gasteiger partial charge >= 0.3 is 0 Å². The zero-order chi connectivity index (χ0) is 14.4. The second-order valence-corrected chi connectivity index (χ2v) is 5.24. The Morgan fingerprint density at radius 2 is 1.75 bits per heavy atom. The van der Waals surface area contributed by atoms with Crippen molar-refractivity contribution in [3.05, 3.63) is 53.1 Å². The average Bonchev–Trinajstić information content (AvgIpc) is 2.47. The molecule has 2 rings (SSSR count). The number of rotatable bonds is 6. The second kappa shape index (κ2) is 7.55. The molecule has 0 saturated carbocycles. The standard InChI is InChI=1S/C16H16BrClO2/c1-2-10-19-12-6-8-13(9-7-12)20-16-5-3-4-15(18)14(16)11-17/h3-9H,2,10-11H2,1H3. The zero-order valence-electron chi connectivity index (χ0n) is 11.2. The number of alkyl halides is 1. The zero-order valence-corrected chi connectivity index (χ0v) is 13.6. The minimum Gasteiger partial charge on any atom is -0.494 e. The van der Waals surface area contributed by atoms with E-state index < -0.39 is 0 Å². The number of hydrogen-bond acceptors (Lipinski definition) is 2. The first-order valence-corrected chi connectivity index (χ1v) is 7.98. The Bertz CT molecular complexity index is 555. The molecular formula is C16H16BrClO2. The molecule has 0 radical (unpaired) electrons. The van der Waals surface area contributed by atoms with E-state index in [1.165, 1.54) is 0 Å². The first kappa shape index (κ1) is 15.2. The predicted molar refractivity (Wildman–Crippen MR) is 86.4 cm³/mol. The molecule has 0 heterocycles. The van der Waals surface area contributed by atoms with Crippen molar-refractivity contribution in [3.8, 4) is 17.2 Å². The Balaban J connectivity index is 2.12. The van der Waals surface area contributed by atoms with Crippen molar-refractivity contribution in [2.24, 2.45) is 0 Å². The lowest BCUT2D eigenvalue weighted by Gasteiger charge is -2.11. The summed E-state index contributed by atoms with van der Waals surface area (Å²) < 4.78 is 11.4. The van der Waals surface area contributed by atoms with Crippen LogP contribution in [-0.2, 0) is 5.33 Å². The topological polar surface area (TPSA) is 18.5 Å². The van der Waals surface area contributed by atoms with Gasteiger partial charge in [0.05, 0.1) is 6.61 Å². The van der Waals surface area contributed by atoms with Crippen LogP contribution in [0.25, 0.3) is 0 Å². The molecule has 0 unspecified atom stereocenters. The fraction of sp³-hybridized carbons (Fsp3) is 0.250. The molecule has 0 aromatic heterocycles. The normalized spacial score (nSPS) is 10.3. The lowest BCUT2D eigenvalue weighted by molar-refractivity contribution is 0.317. The molecule has 0 aliphatic heterocycles. The molecule has 4 heteroatoms. The van der Waals surface area contributed by atoms with Gasteiger partial charge in [0.2, 0.25) is 0 Å². The lowest BCUT2D eigenvalue weighted by Crippen LogP contribution is -1.95. The first-order chi connectivity index (χ1) is 9.74. The molecule has 2 aromatic carbocycles. The predicted octanol–water partition coefficient (Wildman–Crippen LogP) is 5.82. The van der Waals surface area contributed by atoms with Crippen LogP contribution in [0.2, 0.25) is 5.02 Å². The van der Waals surface area contributed by atoms with Crippen molar-refractivity contribution in [2.45, 2.75) is 18.7 Å². The van der Waals surface area contributed by atoms with Crippen LogP contribution < -0.4 is 9.47 Å². The fourth-order valence-corrected chi connectivity index (χ4v) is 2.69. The summed E-state index contributed by atoms with van der Waals surface area (Å²) in [7, 11) is 0. The average molecular weight is 356 g/mol. The van der Waals surface area contributed by atoms with Gasteiger partial charge in [-0.3, -0.25) is 0 Å². The van der Waals surface area contributed by atoms with E-state index >= 15 is 0 Å². The van der Waals surface area contributed by atoms with Gasteiger partial charge in [0.15, 0.2) is 0 Å². The molecule has 0 N–H and O–H groups in total. The molecule has 2 nitrogen and oxygen atoms in total. The summed E-state index contributed by atoms with van der Waals surface area (Å²) in [6, 6.07) is 13.2. The van der Waals surface area contributed by atoms with Crippen LogP contribution in [0.3, 0.4) is 0 Å². The maximum Gasteiger partial charge on any atom is 0.132 e. The van der Waals surface area contributed by atoms with E-state index in [4.69, 9.17) is 21.1 Å². The molecule has 0 fully saturated rings. The number of hydrogen-bond donors (Lipinski definition) is 0. The number of halogens is 2. The lowest BCUT2D eigenvalue weighted by atomic mass is 10.2. The van der Waals surface area contributed by atoms with Crippen LogP contribution in [0.1, 0.15) is 18.9 Å². The van der Waals surface area contributed by atoms with Gasteiger partial charge in [0, 0.05) is 15.9 Å². The van der Waals surface area contributed by atoms with Gasteiger partial charge in [-0.25, -0.2) is 0 Å². The highest BCUT2D eigenvalue weighted by atomic mass is 79.9. The fourth-order valence-electron chi connectivity index (χ4n) is 1.71. The molecule has 106 valence electrons. The van der Waals surface area contributed by atoms with Crippen molar-refractivity contribution < 1.29 is 9.47 Å². The molecule has 0 atom stereocenters. The summed E-state index contributed by atoms with van der Waals surface area (Å²) in [5.74, 6) is 2.38. The Hall–Kier alpha value is -1.19. The summed E-state index contributed by atoms with van der Waals surface area (Å²) >= 11 is 9.58. The largest absolute Gasteiger partial charge is 0.494 e. The van der Waals surface area contributed by atoms with E-state index in [-0.39, 0.29) is 0 Å². The van der Waals surface area contributed by atoms with E-state index in [0.717, 1.165) is 35.8 Å². The first-order valence-electron chi connectivity index (χ1n) is 6.48. The summed E-state index contributed by atoms with van der Waals surface area (Å²) in [5, 5.41) is 1.35. The van der Waals surface area contributed by atoms with Crippen molar-refractivity contribution in [2.75, 3.05) is 6.61 Å².